The van der Waals surface area contributed by atoms with Crippen molar-refractivity contribution in [3.63, 3.8) is 0 Å². The van der Waals surface area contributed by atoms with Crippen LogP contribution in [0.15, 0.2) is 36.4 Å². The standard InChI is InChI=1S/C8H8S2.C6H8S.C6H8Se/c1-5-3-7-4-6(2)10-8(7)9-5;2*1-5-3-4-6(2)7-5/h3-4H,1-2H3;2*3-4H,1-2H3. The van der Waals surface area contributed by atoms with Gasteiger partial charge in [0.25, 0.3) is 0 Å². The molecule has 0 unspecified atom stereocenters. The van der Waals surface area contributed by atoms with E-state index in [-0.39, 0.29) is 0 Å². The molecule has 24 heavy (non-hydrogen) atoms. The van der Waals surface area contributed by atoms with Crippen molar-refractivity contribution in [3.8, 4) is 0 Å². The van der Waals surface area contributed by atoms with Gasteiger partial charge < -0.3 is 0 Å². The Balaban J connectivity index is 0.000000134. The van der Waals surface area contributed by atoms with Crippen molar-refractivity contribution in [2.24, 2.45) is 0 Å². The predicted molar refractivity (Wildman–Crippen MR) is 116 cm³/mol. The summed E-state index contributed by atoms with van der Waals surface area (Å²) in [5.41, 5.74) is 0. The van der Waals surface area contributed by atoms with Crippen molar-refractivity contribution < 1.29 is 0 Å². The second kappa shape index (κ2) is 9.17. The van der Waals surface area contributed by atoms with Crippen LogP contribution in [0.5, 0.6) is 0 Å². The summed E-state index contributed by atoms with van der Waals surface area (Å²) in [4.78, 5) is 5.64. The molecule has 4 rings (SSSR count). The average Bonchev–Trinajstić information content (AvgIpc) is 3.20. The van der Waals surface area contributed by atoms with Crippen LogP contribution in [0, 0.1) is 41.5 Å². The summed E-state index contributed by atoms with van der Waals surface area (Å²) in [7, 11) is 0. The summed E-state index contributed by atoms with van der Waals surface area (Å²) in [6.07, 6.45) is 0. The molecule has 0 aliphatic carbocycles. The Morgan fingerprint density at radius 3 is 1.29 bits per heavy atom. The summed E-state index contributed by atoms with van der Waals surface area (Å²) >= 11 is 6.33. The third kappa shape index (κ3) is 6.34. The van der Waals surface area contributed by atoms with Crippen LogP contribution in [0.2, 0.25) is 0 Å². The van der Waals surface area contributed by atoms with E-state index in [0.29, 0.717) is 14.5 Å². The van der Waals surface area contributed by atoms with Gasteiger partial charge in [0.15, 0.2) is 0 Å². The van der Waals surface area contributed by atoms with Crippen LogP contribution in [-0.2, 0) is 0 Å². The minimum Gasteiger partial charge on any atom is -0.146 e. The normalized spacial score (nSPS) is 10.1. The number of aryl methyl sites for hydroxylation is 6. The molecule has 128 valence electrons. The molecule has 0 N–H and O–H groups in total. The van der Waals surface area contributed by atoms with Gasteiger partial charge in [-0.1, -0.05) is 0 Å². The summed E-state index contributed by atoms with van der Waals surface area (Å²) < 4.78 is 4.56. The second-order valence-corrected chi connectivity index (χ2v) is 13.2. The zero-order valence-corrected chi connectivity index (χ0v) is 19.3. The van der Waals surface area contributed by atoms with Gasteiger partial charge in [0.2, 0.25) is 0 Å². The summed E-state index contributed by atoms with van der Waals surface area (Å²) in [6.45, 7) is 12.9. The Labute approximate surface area is 163 Å². The van der Waals surface area contributed by atoms with Crippen LogP contribution in [0.25, 0.3) is 9.40 Å². The van der Waals surface area contributed by atoms with Gasteiger partial charge in [-0.25, -0.2) is 0 Å². The first-order chi connectivity index (χ1) is 11.3. The first-order valence-electron chi connectivity index (χ1n) is 7.86. The van der Waals surface area contributed by atoms with E-state index >= 15 is 0 Å². The minimum absolute atomic E-state index is 0.708. The molecule has 0 atom stereocenters. The van der Waals surface area contributed by atoms with Gasteiger partial charge in [-0.2, -0.15) is 0 Å². The fraction of sp³-hybridized carbons (Fsp3) is 0.300. The monoisotopic (exact) mass is 440 g/mol. The van der Waals surface area contributed by atoms with Gasteiger partial charge in [0, 0.05) is 24.9 Å². The van der Waals surface area contributed by atoms with Crippen LogP contribution in [0.1, 0.15) is 28.4 Å². The molecule has 4 heterocycles. The van der Waals surface area contributed by atoms with Gasteiger partial charge >= 0.3 is 49.4 Å². The Morgan fingerprint density at radius 1 is 0.583 bits per heavy atom. The van der Waals surface area contributed by atoms with Crippen molar-refractivity contribution in [2.75, 3.05) is 0 Å². The maximum absolute atomic E-state index is 2.25. The van der Waals surface area contributed by atoms with E-state index in [1.807, 2.05) is 34.0 Å². The van der Waals surface area contributed by atoms with Gasteiger partial charge in [-0.15, -0.1) is 34.0 Å². The van der Waals surface area contributed by atoms with E-state index in [2.05, 4.69) is 77.9 Å². The van der Waals surface area contributed by atoms with E-state index in [1.165, 1.54) is 28.9 Å². The molecule has 0 bridgehead atoms. The maximum atomic E-state index is 2.25. The van der Waals surface area contributed by atoms with Gasteiger partial charge in [-0.05, 0) is 52.0 Å². The molecule has 0 saturated heterocycles. The fourth-order valence-electron chi connectivity index (χ4n) is 2.20. The molecule has 0 aliphatic heterocycles. The molecular formula is C20H24S3Se. The molecule has 4 aromatic rings. The smallest absolute Gasteiger partial charge is 0.00170 e. The minimum atomic E-state index is 0.708. The van der Waals surface area contributed by atoms with Gasteiger partial charge in [0.1, 0.15) is 0 Å². The molecule has 0 spiro atoms. The maximum Gasteiger partial charge on any atom is 0.00170 e. The number of rotatable bonds is 0. The molecule has 0 aliphatic rings. The SMILES string of the molecule is Cc1cc2cc(C)sc2s1.Cc1ccc(C)[se]1.Cc1ccc(C)s1. The summed E-state index contributed by atoms with van der Waals surface area (Å²) in [5, 5.41) is 1.42. The predicted octanol–water partition coefficient (Wildman–Crippen LogP) is 7.31. The number of hydrogen-bond donors (Lipinski definition) is 0. The van der Waals surface area contributed by atoms with Crippen molar-refractivity contribution in [1.29, 1.82) is 0 Å². The first-order valence-corrected chi connectivity index (χ1v) is 12.0. The largest absolute Gasteiger partial charge is 0.146 e. The van der Waals surface area contributed by atoms with Crippen LogP contribution < -0.4 is 0 Å². The summed E-state index contributed by atoms with van der Waals surface area (Å²) in [5.74, 6) is 0. The number of thiophene rings is 3. The Morgan fingerprint density at radius 2 is 1.04 bits per heavy atom. The molecule has 0 amide bonds. The third-order valence-electron chi connectivity index (χ3n) is 3.21. The fourth-order valence-corrected chi connectivity index (χ4v) is 7.00. The number of hydrogen-bond acceptors (Lipinski definition) is 3. The Bertz CT molecular complexity index is 755. The Kier molecular flexibility index (Phi) is 7.52. The molecule has 4 aromatic heterocycles. The molecule has 0 fully saturated rings. The van der Waals surface area contributed by atoms with Crippen molar-refractivity contribution in [1.82, 2.24) is 0 Å². The molecule has 0 saturated carbocycles. The Hall–Kier alpha value is -0.641. The van der Waals surface area contributed by atoms with E-state index in [1.54, 1.807) is 8.87 Å². The first kappa shape index (κ1) is 19.7. The quantitative estimate of drug-likeness (QED) is 0.252. The molecule has 4 heteroatoms. The van der Waals surface area contributed by atoms with E-state index in [0.717, 1.165) is 0 Å². The average molecular weight is 440 g/mol. The van der Waals surface area contributed by atoms with Crippen LogP contribution in [0.4, 0.5) is 0 Å². The zero-order valence-electron chi connectivity index (χ0n) is 15.1. The van der Waals surface area contributed by atoms with Crippen molar-refractivity contribution in [2.45, 2.75) is 41.5 Å². The van der Waals surface area contributed by atoms with Gasteiger partial charge in [-0.3, -0.25) is 0 Å². The molecular weight excluding hydrogens is 415 g/mol. The van der Waals surface area contributed by atoms with E-state index < -0.39 is 0 Å². The molecule has 0 aromatic carbocycles. The third-order valence-corrected chi connectivity index (χ3v) is 8.27. The van der Waals surface area contributed by atoms with Crippen LogP contribution in [-0.4, -0.2) is 14.5 Å². The van der Waals surface area contributed by atoms with Crippen LogP contribution in [0.3, 0.4) is 0 Å². The van der Waals surface area contributed by atoms with Crippen LogP contribution >= 0.6 is 34.0 Å². The van der Waals surface area contributed by atoms with Gasteiger partial charge in [0.05, 0.1) is 4.01 Å². The van der Waals surface area contributed by atoms with Crippen molar-refractivity contribution in [3.05, 3.63) is 64.8 Å². The van der Waals surface area contributed by atoms with E-state index in [9.17, 15) is 0 Å². The van der Waals surface area contributed by atoms with Crippen molar-refractivity contribution >= 4 is 57.9 Å². The molecule has 0 nitrogen and oxygen atoms in total. The summed E-state index contributed by atoms with van der Waals surface area (Å²) in [6, 6.07) is 13.2. The topological polar surface area (TPSA) is 0 Å². The number of fused-ring (bicyclic) bond motifs is 1. The molecule has 0 radical (unpaired) electrons. The zero-order chi connectivity index (χ0) is 17.7. The second-order valence-electron chi connectivity index (χ2n) is 5.77. The van der Waals surface area contributed by atoms with E-state index in [4.69, 9.17) is 0 Å².